The lowest BCUT2D eigenvalue weighted by Gasteiger charge is -2.26. The third-order valence-electron chi connectivity index (χ3n) is 5.50. The van der Waals surface area contributed by atoms with Crippen LogP contribution in [0, 0.1) is 5.92 Å². The van der Waals surface area contributed by atoms with E-state index in [1.54, 1.807) is 29.2 Å². The highest BCUT2D eigenvalue weighted by Gasteiger charge is 2.31. The quantitative estimate of drug-likeness (QED) is 0.607. The van der Waals surface area contributed by atoms with Gasteiger partial charge in [-0.05, 0) is 54.7 Å². The maximum atomic E-state index is 12.9. The lowest BCUT2D eigenvalue weighted by molar-refractivity contribution is -0.135. The Morgan fingerprint density at radius 1 is 1.09 bits per heavy atom. The van der Waals surface area contributed by atoms with Crippen molar-refractivity contribution >= 4 is 11.9 Å². The third-order valence-corrected chi connectivity index (χ3v) is 5.50. The van der Waals surface area contributed by atoms with Crippen molar-refractivity contribution in [3.63, 3.8) is 0 Å². The molecule has 1 unspecified atom stereocenters. The van der Waals surface area contributed by atoms with E-state index < -0.39 is 5.97 Å². The van der Waals surface area contributed by atoms with E-state index in [1.165, 1.54) is 0 Å². The normalized spacial score (nSPS) is 17.3. The molecule has 0 aromatic heterocycles. The van der Waals surface area contributed by atoms with Gasteiger partial charge in [0.15, 0.2) is 18.1 Å². The molecule has 2 aromatic carbocycles. The number of carbonyl (C=O) groups excluding carboxylic acids is 2. The van der Waals surface area contributed by atoms with Gasteiger partial charge in [0.2, 0.25) is 0 Å². The largest absolute Gasteiger partial charge is 0.493 e. The van der Waals surface area contributed by atoms with Crippen LogP contribution in [-0.2, 0) is 9.53 Å². The van der Waals surface area contributed by atoms with E-state index in [2.05, 4.69) is 13.8 Å². The number of rotatable bonds is 7. The molecule has 0 saturated carbocycles. The summed E-state index contributed by atoms with van der Waals surface area (Å²) in [5.74, 6) is 1.68. The molecule has 1 fully saturated rings. The number of ether oxygens (including phenoxy) is 4. The molecule has 0 bridgehead atoms. The Kier molecular flexibility index (Phi) is 6.83. The Hall–Kier alpha value is -3.22. The summed E-state index contributed by atoms with van der Waals surface area (Å²) >= 11 is 0. The van der Waals surface area contributed by atoms with Crippen LogP contribution in [0.1, 0.15) is 48.7 Å². The fourth-order valence-electron chi connectivity index (χ4n) is 3.95. The number of hydrogen-bond acceptors (Lipinski definition) is 6. The van der Waals surface area contributed by atoms with Crippen molar-refractivity contribution in [3.8, 4) is 17.2 Å². The van der Waals surface area contributed by atoms with Crippen LogP contribution in [0.15, 0.2) is 42.5 Å². The van der Waals surface area contributed by atoms with Crippen LogP contribution in [0.3, 0.4) is 0 Å². The predicted octanol–water partition coefficient (Wildman–Crippen LogP) is 4.01. The summed E-state index contributed by atoms with van der Waals surface area (Å²) in [6.45, 7) is 6.07. The van der Waals surface area contributed by atoms with Gasteiger partial charge in [0.25, 0.3) is 5.91 Å². The number of esters is 1. The number of likely N-dealkylation sites (tertiary alicyclic amines) is 1. The summed E-state index contributed by atoms with van der Waals surface area (Å²) in [5.41, 5.74) is 1.37. The molecule has 2 aliphatic heterocycles. The van der Waals surface area contributed by atoms with E-state index in [0.29, 0.717) is 49.3 Å². The number of carbonyl (C=O) groups is 2. The summed E-state index contributed by atoms with van der Waals surface area (Å²) in [5, 5.41) is 0. The van der Waals surface area contributed by atoms with Crippen LogP contribution in [0.5, 0.6) is 17.2 Å². The van der Waals surface area contributed by atoms with Gasteiger partial charge in [0, 0.05) is 6.54 Å². The zero-order chi connectivity index (χ0) is 22.5. The molecule has 2 aliphatic rings. The number of hydrogen-bond donors (Lipinski definition) is 0. The fraction of sp³-hybridized carbons (Fsp3) is 0.440. The Morgan fingerprint density at radius 3 is 2.72 bits per heavy atom. The summed E-state index contributed by atoms with van der Waals surface area (Å²) < 4.78 is 22.3. The second-order valence-corrected chi connectivity index (χ2v) is 8.46. The zero-order valence-electron chi connectivity index (χ0n) is 18.5. The van der Waals surface area contributed by atoms with Gasteiger partial charge in [0.1, 0.15) is 19.0 Å². The first-order valence-corrected chi connectivity index (χ1v) is 11.1. The molecular weight excluding hydrogens is 410 g/mol. The lowest BCUT2D eigenvalue weighted by atomic mass is 10.0. The predicted molar refractivity (Wildman–Crippen MR) is 118 cm³/mol. The summed E-state index contributed by atoms with van der Waals surface area (Å²) in [7, 11) is 0. The molecule has 1 amide bonds. The number of amides is 1. The van der Waals surface area contributed by atoms with Crippen molar-refractivity contribution in [1.82, 2.24) is 4.90 Å². The van der Waals surface area contributed by atoms with E-state index in [9.17, 15) is 9.59 Å². The van der Waals surface area contributed by atoms with Crippen LogP contribution < -0.4 is 14.2 Å². The maximum Gasteiger partial charge on any atom is 0.338 e. The van der Waals surface area contributed by atoms with Gasteiger partial charge in [-0.3, -0.25) is 4.79 Å². The number of nitrogens with zero attached hydrogens (tertiary/aromatic N) is 1. The minimum Gasteiger partial charge on any atom is -0.493 e. The number of benzene rings is 2. The minimum absolute atomic E-state index is 0.0650. The Bertz CT molecular complexity index is 973. The maximum absolute atomic E-state index is 12.9. The first kappa shape index (κ1) is 22.0. The Labute approximate surface area is 188 Å². The van der Waals surface area contributed by atoms with E-state index >= 15 is 0 Å². The van der Waals surface area contributed by atoms with Gasteiger partial charge in [0.05, 0.1) is 18.2 Å². The highest BCUT2D eigenvalue weighted by atomic mass is 16.6. The van der Waals surface area contributed by atoms with E-state index in [0.717, 1.165) is 24.2 Å². The average Bonchev–Trinajstić information content (AvgIpc) is 3.31. The molecule has 4 rings (SSSR count). The standard InChI is InChI=1S/C25H29NO6/c1-17(2)15-31-20-6-3-5-19(13-20)25(28)32-16-24(27)26-10-4-7-21(26)18-8-9-22-23(14-18)30-12-11-29-22/h3,5-6,8-9,13-14,17,21H,4,7,10-12,15-16H2,1-2H3. The third kappa shape index (κ3) is 5.15. The van der Waals surface area contributed by atoms with Gasteiger partial charge in [-0.25, -0.2) is 4.79 Å². The van der Waals surface area contributed by atoms with Crippen LogP contribution in [0.4, 0.5) is 0 Å². The van der Waals surface area contributed by atoms with Gasteiger partial charge >= 0.3 is 5.97 Å². The van der Waals surface area contributed by atoms with Gasteiger partial charge in [-0.1, -0.05) is 26.0 Å². The van der Waals surface area contributed by atoms with Gasteiger partial charge in [-0.2, -0.15) is 0 Å². The van der Waals surface area contributed by atoms with E-state index in [-0.39, 0.29) is 18.6 Å². The summed E-state index contributed by atoms with van der Waals surface area (Å²) in [6.07, 6.45) is 1.75. The minimum atomic E-state index is -0.538. The SMILES string of the molecule is CC(C)COc1cccc(C(=O)OCC(=O)N2CCCC2c2ccc3c(c2)OCCO3)c1. The van der Waals surface area contributed by atoms with Crippen molar-refractivity contribution in [1.29, 1.82) is 0 Å². The monoisotopic (exact) mass is 439 g/mol. The Balaban J connectivity index is 1.36. The van der Waals surface area contributed by atoms with Crippen molar-refractivity contribution in [2.75, 3.05) is 33.0 Å². The van der Waals surface area contributed by atoms with Crippen molar-refractivity contribution in [2.24, 2.45) is 5.92 Å². The molecule has 0 aliphatic carbocycles. The highest BCUT2D eigenvalue weighted by molar-refractivity contribution is 5.91. The molecule has 0 radical (unpaired) electrons. The zero-order valence-corrected chi connectivity index (χ0v) is 18.5. The van der Waals surface area contributed by atoms with E-state index in [1.807, 2.05) is 18.2 Å². The lowest BCUT2D eigenvalue weighted by Crippen LogP contribution is -2.34. The molecule has 1 saturated heterocycles. The summed E-state index contributed by atoms with van der Waals surface area (Å²) in [4.78, 5) is 27.1. The van der Waals surface area contributed by atoms with Gasteiger partial charge < -0.3 is 23.8 Å². The Morgan fingerprint density at radius 2 is 1.91 bits per heavy atom. The molecule has 7 nitrogen and oxygen atoms in total. The molecule has 7 heteroatoms. The highest BCUT2D eigenvalue weighted by Crippen LogP contribution is 2.38. The van der Waals surface area contributed by atoms with Crippen LogP contribution in [-0.4, -0.2) is 49.7 Å². The second kappa shape index (κ2) is 9.94. The second-order valence-electron chi connectivity index (χ2n) is 8.46. The first-order chi connectivity index (χ1) is 15.5. The average molecular weight is 440 g/mol. The molecule has 1 atom stereocenters. The molecule has 0 spiro atoms. The fourth-order valence-corrected chi connectivity index (χ4v) is 3.95. The molecule has 2 aromatic rings. The van der Waals surface area contributed by atoms with Crippen LogP contribution in [0.25, 0.3) is 0 Å². The number of fused-ring (bicyclic) bond motifs is 1. The van der Waals surface area contributed by atoms with Crippen molar-refractivity contribution in [2.45, 2.75) is 32.7 Å². The molecule has 32 heavy (non-hydrogen) atoms. The van der Waals surface area contributed by atoms with Crippen LogP contribution in [0.2, 0.25) is 0 Å². The topological polar surface area (TPSA) is 74.3 Å². The van der Waals surface area contributed by atoms with Crippen molar-refractivity contribution in [3.05, 3.63) is 53.6 Å². The van der Waals surface area contributed by atoms with Crippen LogP contribution >= 0.6 is 0 Å². The molecule has 170 valence electrons. The summed E-state index contributed by atoms with van der Waals surface area (Å²) in [6, 6.07) is 12.6. The van der Waals surface area contributed by atoms with Gasteiger partial charge in [-0.15, -0.1) is 0 Å². The van der Waals surface area contributed by atoms with E-state index in [4.69, 9.17) is 18.9 Å². The molecule has 2 heterocycles. The molecular formula is C25H29NO6. The molecule has 0 N–H and O–H groups in total. The smallest absolute Gasteiger partial charge is 0.338 e. The van der Waals surface area contributed by atoms with Crippen molar-refractivity contribution < 1.29 is 28.5 Å². The first-order valence-electron chi connectivity index (χ1n) is 11.1.